The SMILES string of the molecule is NC(=S)c1ncn(CCCCCCO)n1. The lowest BCUT2D eigenvalue weighted by atomic mass is 10.2. The molecular weight excluding hydrogens is 212 g/mol. The number of aliphatic hydroxyl groups excluding tert-OH is 1. The number of unbranched alkanes of at least 4 members (excludes halogenated alkanes) is 3. The maximum atomic E-state index is 8.59. The van der Waals surface area contributed by atoms with E-state index in [0.29, 0.717) is 5.82 Å². The van der Waals surface area contributed by atoms with Crippen LogP contribution < -0.4 is 5.73 Å². The highest BCUT2D eigenvalue weighted by atomic mass is 32.1. The van der Waals surface area contributed by atoms with Gasteiger partial charge in [0.25, 0.3) is 0 Å². The minimum atomic E-state index is 0.231. The summed E-state index contributed by atoms with van der Waals surface area (Å²) in [6, 6.07) is 0. The Hall–Kier alpha value is -1.01. The van der Waals surface area contributed by atoms with Gasteiger partial charge in [0.1, 0.15) is 11.3 Å². The maximum absolute atomic E-state index is 8.59. The number of nitrogens with zero attached hydrogens (tertiary/aromatic N) is 3. The number of rotatable bonds is 7. The van der Waals surface area contributed by atoms with Crippen molar-refractivity contribution in [3.63, 3.8) is 0 Å². The van der Waals surface area contributed by atoms with Gasteiger partial charge in [-0.1, -0.05) is 25.1 Å². The summed E-state index contributed by atoms with van der Waals surface area (Å²) >= 11 is 4.76. The fraction of sp³-hybridized carbons (Fsp3) is 0.667. The Bertz CT molecular complexity index is 313. The molecule has 0 spiro atoms. The van der Waals surface area contributed by atoms with Crippen LogP contribution in [-0.2, 0) is 6.54 Å². The first-order chi connectivity index (χ1) is 7.24. The molecule has 0 unspecified atom stereocenters. The van der Waals surface area contributed by atoms with Gasteiger partial charge in [0.05, 0.1) is 0 Å². The van der Waals surface area contributed by atoms with Crippen molar-refractivity contribution in [2.24, 2.45) is 5.73 Å². The molecule has 3 N–H and O–H groups in total. The Balaban J connectivity index is 2.23. The third-order valence-corrected chi connectivity index (χ3v) is 2.23. The van der Waals surface area contributed by atoms with Gasteiger partial charge in [-0.3, -0.25) is 4.68 Å². The van der Waals surface area contributed by atoms with Gasteiger partial charge < -0.3 is 10.8 Å². The van der Waals surface area contributed by atoms with Gasteiger partial charge in [-0.05, 0) is 12.8 Å². The first-order valence-electron chi connectivity index (χ1n) is 5.04. The summed E-state index contributed by atoms with van der Waals surface area (Å²) in [5, 5.41) is 12.7. The summed E-state index contributed by atoms with van der Waals surface area (Å²) in [6.07, 6.45) is 5.67. The van der Waals surface area contributed by atoms with Gasteiger partial charge in [-0.15, -0.1) is 5.10 Å². The van der Waals surface area contributed by atoms with Crippen molar-refractivity contribution in [1.82, 2.24) is 14.8 Å². The van der Waals surface area contributed by atoms with Crippen LogP contribution in [0.2, 0.25) is 0 Å². The summed E-state index contributed by atoms with van der Waals surface area (Å²) in [5.74, 6) is 0.431. The monoisotopic (exact) mass is 228 g/mol. The molecule has 0 aliphatic heterocycles. The van der Waals surface area contributed by atoms with E-state index in [2.05, 4.69) is 10.1 Å². The predicted octanol–water partition coefficient (Wildman–Crippen LogP) is 0.465. The Morgan fingerprint density at radius 2 is 2.13 bits per heavy atom. The average Bonchev–Trinajstić information content (AvgIpc) is 2.66. The maximum Gasteiger partial charge on any atom is 0.208 e. The summed E-state index contributed by atoms with van der Waals surface area (Å²) in [6.45, 7) is 1.09. The minimum Gasteiger partial charge on any atom is -0.396 e. The van der Waals surface area contributed by atoms with Crippen LogP contribution >= 0.6 is 12.2 Å². The molecule has 0 atom stereocenters. The standard InChI is InChI=1S/C9H16N4OS/c10-8(15)9-11-7-13(12-9)5-3-1-2-4-6-14/h7,14H,1-6H2,(H2,10,15). The number of hydrogen-bond acceptors (Lipinski definition) is 4. The van der Waals surface area contributed by atoms with Gasteiger partial charge in [-0.25, -0.2) is 4.98 Å². The second-order valence-electron chi connectivity index (χ2n) is 3.33. The van der Waals surface area contributed by atoms with Gasteiger partial charge in [-0.2, -0.15) is 0 Å². The number of nitrogens with two attached hydrogens (primary N) is 1. The number of thiocarbonyl (C=S) groups is 1. The molecule has 0 amide bonds. The molecule has 0 aliphatic rings. The van der Waals surface area contributed by atoms with Crippen LogP contribution in [0.5, 0.6) is 0 Å². The molecule has 1 heterocycles. The van der Waals surface area contributed by atoms with Gasteiger partial charge in [0.15, 0.2) is 0 Å². The minimum absolute atomic E-state index is 0.231. The second-order valence-corrected chi connectivity index (χ2v) is 3.77. The van der Waals surface area contributed by atoms with Gasteiger partial charge >= 0.3 is 0 Å². The molecule has 0 bridgehead atoms. The molecule has 6 heteroatoms. The van der Waals surface area contributed by atoms with E-state index in [0.717, 1.165) is 32.2 Å². The fourth-order valence-electron chi connectivity index (χ4n) is 1.25. The van der Waals surface area contributed by atoms with Crippen LogP contribution in [0.3, 0.4) is 0 Å². The molecule has 1 rings (SSSR count). The lowest BCUT2D eigenvalue weighted by Gasteiger charge is -1.99. The van der Waals surface area contributed by atoms with Crippen molar-refractivity contribution < 1.29 is 5.11 Å². The highest BCUT2D eigenvalue weighted by molar-refractivity contribution is 7.80. The first kappa shape index (κ1) is 12.1. The third-order valence-electron chi connectivity index (χ3n) is 2.05. The molecule has 1 aromatic rings. The van der Waals surface area contributed by atoms with E-state index in [1.807, 2.05) is 0 Å². The normalized spacial score (nSPS) is 10.5. The van der Waals surface area contributed by atoms with Crippen molar-refractivity contribution in [1.29, 1.82) is 0 Å². The van der Waals surface area contributed by atoms with E-state index in [1.54, 1.807) is 11.0 Å². The Morgan fingerprint density at radius 1 is 1.40 bits per heavy atom. The van der Waals surface area contributed by atoms with Gasteiger partial charge in [0, 0.05) is 13.2 Å². The summed E-state index contributed by atoms with van der Waals surface area (Å²) in [5.41, 5.74) is 5.39. The summed E-state index contributed by atoms with van der Waals surface area (Å²) < 4.78 is 1.74. The zero-order valence-corrected chi connectivity index (χ0v) is 9.41. The van der Waals surface area contributed by atoms with Crippen molar-refractivity contribution in [3.05, 3.63) is 12.2 Å². The predicted molar refractivity (Wildman–Crippen MR) is 61.5 cm³/mol. The fourth-order valence-corrected chi connectivity index (χ4v) is 1.35. The molecule has 0 fully saturated rings. The number of aromatic nitrogens is 3. The number of hydrogen-bond donors (Lipinski definition) is 2. The van der Waals surface area contributed by atoms with Crippen molar-refractivity contribution in [2.75, 3.05) is 6.61 Å². The Labute approximate surface area is 94.3 Å². The molecule has 0 saturated heterocycles. The van der Waals surface area contributed by atoms with Crippen molar-refractivity contribution in [2.45, 2.75) is 32.2 Å². The van der Waals surface area contributed by atoms with Gasteiger partial charge in [0.2, 0.25) is 5.82 Å². The van der Waals surface area contributed by atoms with Crippen LogP contribution in [-0.4, -0.2) is 31.5 Å². The van der Waals surface area contributed by atoms with E-state index in [9.17, 15) is 0 Å². The second kappa shape index (κ2) is 6.47. The molecule has 1 aromatic heterocycles. The zero-order valence-electron chi connectivity index (χ0n) is 8.59. The lowest BCUT2D eigenvalue weighted by molar-refractivity contribution is 0.282. The molecule has 0 aliphatic carbocycles. The largest absolute Gasteiger partial charge is 0.396 e. The molecule has 0 radical (unpaired) electrons. The summed E-state index contributed by atoms with van der Waals surface area (Å²) in [7, 11) is 0. The topological polar surface area (TPSA) is 77.0 Å². The molecular formula is C9H16N4OS. The zero-order chi connectivity index (χ0) is 11.1. The third kappa shape index (κ3) is 4.35. The first-order valence-corrected chi connectivity index (χ1v) is 5.45. The van der Waals surface area contributed by atoms with Crippen LogP contribution in [0.15, 0.2) is 6.33 Å². The lowest BCUT2D eigenvalue weighted by Crippen LogP contribution is -2.12. The Morgan fingerprint density at radius 3 is 2.73 bits per heavy atom. The van der Waals surface area contributed by atoms with Crippen LogP contribution in [0.1, 0.15) is 31.5 Å². The number of aliphatic hydroxyl groups is 1. The van der Waals surface area contributed by atoms with Crippen LogP contribution in [0.25, 0.3) is 0 Å². The van der Waals surface area contributed by atoms with E-state index >= 15 is 0 Å². The molecule has 15 heavy (non-hydrogen) atoms. The quantitative estimate of drug-likeness (QED) is 0.524. The van der Waals surface area contributed by atoms with E-state index < -0.39 is 0 Å². The number of aryl methyl sites for hydroxylation is 1. The molecule has 5 nitrogen and oxygen atoms in total. The smallest absolute Gasteiger partial charge is 0.208 e. The highest BCUT2D eigenvalue weighted by Gasteiger charge is 2.02. The van der Waals surface area contributed by atoms with E-state index in [-0.39, 0.29) is 11.6 Å². The Kier molecular flexibility index (Phi) is 5.20. The van der Waals surface area contributed by atoms with Crippen molar-refractivity contribution in [3.8, 4) is 0 Å². The van der Waals surface area contributed by atoms with Crippen LogP contribution in [0.4, 0.5) is 0 Å². The van der Waals surface area contributed by atoms with Crippen molar-refractivity contribution >= 4 is 17.2 Å². The van der Waals surface area contributed by atoms with Crippen LogP contribution in [0, 0.1) is 0 Å². The summed E-state index contributed by atoms with van der Waals surface area (Å²) in [4.78, 5) is 4.21. The molecule has 0 saturated carbocycles. The highest BCUT2D eigenvalue weighted by Crippen LogP contribution is 2.01. The van der Waals surface area contributed by atoms with E-state index in [4.69, 9.17) is 23.1 Å². The molecule has 84 valence electrons. The average molecular weight is 228 g/mol. The molecule has 0 aromatic carbocycles. The van der Waals surface area contributed by atoms with E-state index in [1.165, 1.54) is 0 Å².